The van der Waals surface area contributed by atoms with Crippen LogP contribution >= 0.6 is 23.2 Å². The van der Waals surface area contributed by atoms with E-state index in [1.165, 1.54) is 17.0 Å². The zero-order valence-electron chi connectivity index (χ0n) is 18.7. The van der Waals surface area contributed by atoms with Crippen LogP contribution < -0.4 is 9.47 Å². The summed E-state index contributed by atoms with van der Waals surface area (Å²) < 4.78 is 12.0. The van der Waals surface area contributed by atoms with Crippen LogP contribution in [0.2, 0.25) is 10.0 Å². The molecule has 0 aliphatic carbocycles. The molecule has 0 aromatic heterocycles. The molecule has 33 heavy (non-hydrogen) atoms. The summed E-state index contributed by atoms with van der Waals surface area (Å²) in [5.74, 6) is 0.608. The van der Waals surface area contributed by atoms with E-state index in [1.807, 2.05) is 18.2 Å². The van der Waals surface area contributed by atoms with E-state index in [0.717, 1.165) is 48.7 Å². The van der Waals surface area contributed by atoms with Crippen molar-refractivity contribution in [2.24, 2.45) is 0 Å². The Morgan fingerprint density at radius 1 is 1.24 bits per heavy atom. The molecule has 1 saturated heterocycles. The molecular formula is C24H28Cl2N2O5. The summed E-state index contributed by atoms with van der Waals surface area (Å²) in [6, 6.07) is 8.44. The van der Waals surface area contributed by atoms with Gasteiger partial charge >= 0.3 is 0 Å². The van der Waals surface area contributed by atoms with Gasteiger partial charge in [0, 0.05) is 64.1 Å². The molecule has 0 radical (unpaired) electrons. The molecule has 1 fully saturated rings. The molecule has 2 N–H and O–H groups in total. The fourth-order valence-corrected chi connectivity index (χ4v) is 4.79. The molecular weight excluding hydrogens is 467 g/mol. The fraction of sp³-hybridized carbons (Fsp3) is 0.458. The Balaban J connectivity index is 1.31. The summed E-state index contributed by atoms with van der Waals surface area (Å²) in [4.78, 5) is 16.0. The third-order valence-corrected chi connectivity index (χ3v) is 6.75. The summed E-state index contributed by atoms with van der Waals surface area (Å²) >= 11 is 12.1. The Hall–Kier alpha value is -2.19. The van der Waals surface area contributed by atoms with Gasteiger partial charge < -0.3 is 29.5 Å². The highest BCUT2D eigenvalue weighted by atomic mass is 35.5. The van der Waals surface area contributed by atoms with Gasteiger partial charge in [-0.3, -0.25) is 4.79 Å². The zero-order valence-corrected chi connectivity index (χ0v) is 20.2. The van der Waals surface area contributed by atoms with Gasteiger partial charge in [0.05, 0.1) is 10.6 Å². The summed E-state index contributed by atoms with van der Waals surface area (Å²) in [6.45, 7) is 2.01. The van der Waals surface area contributed by atoms with Gasteiger partial charge in [0.15, 0.2) is 0 Å². The van der Waals surface area contributed by atoms with Crippen molar-refractivity contribution in [1.82, 2.24) is 9.80 Å². The van der Waals surface area contributed by atoms with Crippen molar-refractivity contribution in [2.45, 2.75) is 31.0 Å². The second-order valence-electron chi connectivity index (χ2n) is 8.98. The first-order valence-electron chi connectivity index (χ1n) is 10.9. The van der Waals surface area contributed by atoms with Crippen molar-refractivity contribution in [2.75, 3.05) is 40.3 Å². The number of amides is 1. The van der Waals surface area contributed by atoms with Crippen LogP contribution in [0.1, 0.15) is 28.8 Å². The number of aliphatic hydroxyl groups is 1. The number of hydrogen-bond acceptors (Lipinski definition) is 6. The molecule has 2 aliphatic heterocycles. The molecule has 0 bridgehead atoms. The molecule has 0 unspecified atom stereocenters. The Kier molecular flexibility index (Phi) is 6.96. The lowest BCUT2D eigenvalue weighted by Crippen LogP contribution is -2.49. The first kappa shape index (κ1) is 24.0. The van der Waals surface area contributed by atoms with Gasteiger partial charge in [-0.2, -0.15) is 0 Å². The van der Waals surface area contributed by atoms with Gasteiger partial charge in [0.25, 0.3) is 5.91 Å². The second-order valence-corrected chi connectivity index (χ2v) is 9.82. The Morgan fingerprint density at radius 3 is 2.67 bits per heavy atom. The number of benzene rings is 2. The lowest BCUT2D eigenvalue weighted by molar-refractivity contribution is -0.00202. The number of rotatable bonds is 6. The predicted molar refractivity (Wildman–Crippen MR) is 127 cm³/mol. The smallest absolute Gasteiger partial charge is 0.257 e. The molecule has 1 amide bonds. The number of aliphatic hydroxyl groups excluding tert-OH is 1. The number of piperidine rings is 1. The van der Waals surface area contributed by atoms with E-state index in [-0.39, 0.29) is 40.2 Å². The van der Waals surface area contributed by atoms with E-state index < -0.39 is 6.10 Å². The Bertz CT molecular complexity index is 1040. The van der Waals surface area contributed by atoms with E-state index in [2.05, 4.69) is 4.90 Å². The normalized spacial score (nSPS) is 18.0. The van der Waals surface area contributed by atoms with Gasteiger partial charge in [-0.1, -0.05) is 23.2 Å². The topological polar surface area (TPSA) is 82.5 Å². The predicted octanol–water partition coefficient (Wildman–Crippen LogP) is 3.61. The van der Waals surface area contributed by atoms with Crippen LogP contribution in [0.5, 0.6) is 17.2 Å². The molecule has 2 aromatic rings. The first-order chi connectivity index (χ1) is 15.7. The lowest BCUT2D eigenvalue weighted by Gasteiger charge is -2.39. The minimum atomic E-state index is -0.764. The number of fused-ring (bicyclic) bond motifs is 1. The monoisotopic (exact) mass is 494 g/mol. The number of β-amino-alcohol motifs (C(OH)–C–C–N with tert-alkyl or cyclic N) is 1. The van der Waals surface area contributed by atoms with Crippen LogP contribution in [-0.4, -0.2) is 78.0 Å². The van der Waals surface area contributed by atoms with Gasteiger partial charge in [-0.15, -0.1) is 0 Å². The molecule has 4 rings (SSSR count). The number of phenolic OH excluding ortho intramolecular Hbond substituents is 1. The molecule has 0 saturated carbocycles. The van der Waals surface area contributed by atoms with Gasteiger partial charge in [-0.25, -0.2) is 0 Å². The third-order valence-electron chi connectivity index (χ3n) is 6.21. The average molecular weight is 495 g/mol. The van der Waals surface area contributed by atoms with E-state index in [0.29, 0.717) is 6.54 Å². The number of carbonyl (C=O) groups is 1. The van der Waals surface area contributed by atoms with Crippen LogP contribution in [0.15, 0.2) is 30.3 Å². The first-order valence-corrected chi connectivity index (χ1v) is 11.7. The standard InChI is InChI=1S/C24H28Cl2N2O5/c1-27(2)23(31)18-10-19(26)20(30)11-22(18)32-14-17(29)13-28-7-5-24(6-8-28)12-15-9-16(25)3-4-21(15)33-24/h3-4,9-11,17,29-30H,5-8,12-14H2,1-2H3/t17-/m0/s1. The number of aromatic hydroxyl groups is 1. The zero-order chi connectivity index (χ0) is 23.8. The van der Waals surface area contributed by atoms with Gasteiger partial charge in [0.2, 0.25) is 0 Å². The number of halogens is 2. The second kappa shape index (κ2) is 9.58. The molecule has 178 valence electrons. The summed E-state index contributed by atoms with van der Waals surface area (Å²) in [5, 5.41) is 21.3. The van der Waals surface area contributed by atoms with E-state index in [4.69, 9.17) is 32.7 Å². The maximum Gasteiger partial charge on any atom is 0.257 e. The quantitative estimate of drug-likeness (QED) is 0.638. The third kappa shape index (κ3) is 5.32. The van der Waals surface area contributed by atoms with E-state index in [9.17, 15) is 15.0 Å². The summed E-state index contributed by atoms with van der Waals surface area (Å²) in [6.07, 6.45) is 1.81. The molecule has 2 aliphatic rings. The maximum absolute atomic E-state index is 12.4. The van der Waals surface area contributed by atoms with E-state index in [1.54, 1.807) is 14.1 Å². The minimum Gasteiger partial charge on any atom is -0.506 e. The maximum atomic E-state index is 12.4. The number of hydrogen-bond donors (Lipinski definition) is 2. The van der Waals surface area contributed by atoms with Gasteiger partial charge in [-0.05, 0) is 29.8 Å². The minimum absolute atomic E-state index is 0.0170. The lowest BCUT2D eigenvalue weighted by atomic mass is 9.87. The van der Waals surface area contributed by atoms with Crippen LogP contribution in [0, 0.1) is 0 Å². The van der Waals surface area contributed by atoms with Crippen LogP contribution in [0.3, 0.4) is 0 Å². The molecule has 1 spiro atoms. The highest BCUT2D eigenvalue weighted by molar-refractivity contribution is 6.32. The number of carbonyl (C=O) groups excluding carboxylic acids is 1. The van der Waals surface area contributed by atoms with E-state index >= 15 is 0 Å². The number of nitrogens with zero attached hydrogens (tertiary/aromatic N) is 2. The SMILES string of the molecule is CN(C)C(=O)c1cc(Cl)c(O)cc1OC[C@@H](O)CN1CCC2(CC1)Cc1cc(Cl)ccc1O2. The van der Waals surface area contributed by atoms with Gasteiger partial charge in [0.1, 0.15) is 35.6 Å². The fourth-order valence-electron chi connectivity index (χ4n) is 4.43. The van der Waals surface area contributed by atoms with Crippen LogP contribution in [-0.2, 0) is 6.42 Å². The van der Waals surface area contributed by atoms with Crippen molar-refractivity contribution >= 4 is 29.1 Å². The Morgan fingerprint density at radius 2 is 1.97 bits per heavy atom. The molecule has 9 heteroatoms. The highest BCUT2D eigenvalue weighted by Gasteiger charge is 2.42. The number of likely N-dealkylation sites (tertiary alicyclic amines) is 1. The van der Waals surface area contributed by atoms with Crippen molar-refractivity contribution < 1.29 is 24.5 Å². The van der Waals surface area contributed by atoms with Crippen molar-refractivity contribution in [3.63, 3.8) is 0 Å². The molecule has 7 nitrogen and oxygen atoms in total. The Labute approximate surface area is 203 Å². The van der Waals surface area contributed by atoms with Crippen molar-refractivity contribution in [1.29, 1.82) is 0 Å². The number of phenols is 1. The largest absolute Gasteiger partial charge is 0.506 e. The molecule has 1 atom stereocenters. The summed E-state index contributed by atoms with van der Waals surface area (Å²) in [5.41, 5.74) is 1.18. The molecule has 2 heterocycles. The average Bonchev–Trinajstić information content (AvgIpc) is 3.12. The van der Waals surface area contributed by atoms with Crippen LogP contribution in [0.4, 0.5) is 0 Å². The molecule has 2 aromatic carbocycles. The number of ether oxygens (including phenoxy) is 2. The summed E-state index contributed by atoms with van der Waals surface area (Å²) in [7, 11) is 3.23. The van der Waals surface area contributed by atoms with Crippen molar-refractivity contribution in [3.05, 3.63) is 51.5 Å². The van der Waals surface area contributed by atoms with Crippen molar-refractivity contribution in [3.8, 4) is 17.2 Å². The highest BCUT2D eigenvalue weighted by Crippen LogP contribution is 2.42. The van der Waals surface area contributed by atoms with Crippen LogP contribution in [0.25, 0.3) is 0 Å².